The molecular weight excluding hydrogens is 310 g/mol. The minimum absolute atomic E-state index is 0.0875. The molecule has 3 aromatic rings. The molecule has 0 aliphatic rings. The quantitative estimate of drug-likeness (QED) is 0.782. The van der Waals surface area contributed by atoms with Crippen LogP contribution in [0.4, 0.5) is 0 Å². The van der Waals surface area contributed by atoms with Gasteiger partial charge in [0.1, 0.15) is 0 Å². The number of aryl methyl sites for hydroxylation is 2. The molecule has 5 heteroatoms. The number of aromatic nitrogens is 1. The van der Waals surface area contributed by atoms with E-state index in [1.54, 1.807) is 30.5 Å². The first-order chi connectivity index (χ1) is 11.0. The van der Waals surface area contributed by atoms with Crippen molar-refractivity contribution >= 4 is 20.9 Å². The Morgan fingerprint density at radius 2 is 1.74 bits per heavy atom. The summed E-state index contributed by atoms with van der Waals surface area (Å²) in [5.74, 6) is 0. The van der Waals surface area contributed by atoms with Crippen LogP contribution in [0.25, 0.3) is 10.9 Å². The second kappa shape index (κ2) is 6.18. The van der Waals surface area contributed by atoms with Gasteiger partial charge in [-0.2, -0.15) is 0 Å². The number of para-hydroxylation sites is 1. The van der Waals surface area contributed by atoms with Gasteiger partial charge in [-0.15, -0.1) is 0 Å². The van der Waals surface area contributed by atoms with Crippen molar-refractivity contribution in [3.05, 3.63) is 65.9 Å². The molecule has 1 aromatic heterocycles. The Balaban J connectivity index is 2.17. The molecule has 0 bridgehead atoms. The van der Waals surface area contributed by atoms with Crippen LogP contribution in [-0.4, -0.2) is 24.1 Å². The van der Waals surface area contributed by atoms with E-state index in [0.29, 0.717) is 18.4 Å². The summed E-state index contributed by atoms with van der Waals surface area (Å²) in [5, 5.41) is 9.96. The Labute approximate surface area is 136 Å². The summed E-state index contributed by atoms with van der Waals surface area (Å²) in [7, 11) is -3.63. The van der Waals surface area contributed by atoms with E-state index in [2.05, 4.69) is 0 Å². The zero-order valence-corrected chi connectivity index (χ0v) is 13.8. The molecule has 0 aliphatic heterocycles. The van der Waals surface area contributed by atoms with Gasteiger partial charge in [-0.05, 0) is 43.5 Å². The summed E-state index contributed by atoms with van der Waals surface area (Å²) < 4.78 is 27.3. The molecule has 3 rings (SSSR count). The fourth-order valence-electron chi connectivity index (χ4n) is 2.71. The van der Waals surface area contributed by atoms with E-state index in [1.807, 2.05) is 31.2 Å². The SMILES string of the molecule is Cc1ccc(S(=O)(=O)n2cc(CCCO)c3ccccc32)cc1. The maximum Gasteiger partial charge on any atom is 0.268 e. The number of aliphatic hydroxyl groups excluding tert-OH is 1. The van der Waals surface area contributed by atoms with E-state index in [4.69, 9.17) is 5.11 Å². The smallest absolute Gasteiger partial charge is 0.268 e. The van der Waals surface area contributed by atoms with E-state index < -0.39 is 10.0 Å². The average Bonchev–Trinajstić information content (AvgIpc) is 2.93. The molecule has 120 valence electrons. The molecule has 0 spiro atoms. The van der Waals surface area contributed by atoms with Crippen LogP contribution in [0, 0.1) is 6.92 Å². The normalized spacial score (nSPS) is 11.9. The number of hydrogen-bond donors (Lipinski definition) is 1. The van der Waals surface area contributed by atoms with Crippen molar-refractivity contribution in [3.63, 3.8) is 0 Å². The van der Waals surface area contributed by atoms with Crippen molar-refractivity contribution in [2.45, 2.75) is 24.7 Å². The molecule has 0 fully saturated rings. The summed E-state index contributed by atoms with van der Waals surface area (Å²) in [4.78, 5) is 0.276. The summed E-state index contributed by atoms with van der Waals surface area (Å²) in [5.41, 5.74) is 2.62. The van der Waals surface area contributed by atoms with Crippen molar-refractivity contribution in [2.75, 3.05) is 6.61 Å². The summed E-state index contributed by atoms with van der Waals surface area (Å²) in [6, 6.07) is 14.3. The van der Waals surface area contributed by atoms with Gasteiger partial charge in [-0.3, -0.25) is 0 Å². The molecule has 1 N–H and O–H groups in total. The van der Waals surface area contributed by atoms with Crippen LogP contribution in [0.3, 0.4) is 0 Å². The average molecular weight is 329 g/mol. The Bertz CT molecular complexity index is 925. The lowest BCUT2D eigenvalue weighted by molar-refractivity contribution is 0.289. The van der Waals surface area contributed by atoms with Crippen molar-refractivity contribution in [3.8, 4) is 0 Å². The zero-order valence-electron chi connectivity index (χ0n) is 12.9. The first-order valence-corrected chi connectivity index (χ1v) is 9.00. The Morgan fingerprint density at radius 1 is 1.04 bits per heavy atom. The number of nitrogens with zero attached hydrogens (tertiary/aromatic N) is 1. The highest BCUT2D eigenvalue weighted by Crippen LogP contribution is 2.26. The van der Waals surface area contributed by atoms with Gasteiger partial charge in [-0.1, -0.05) is 35.9 Å². The highest BCUT2D eigenvalue weighted by Gasteiger charge is 2.20. The monoisotopic (exact) mass is 329 g/mol. The number of aliphatic hydroxyl groups is 1. The number of benzene rings is 2. The van der Waals surface area contributed by atoms with Crippen LogP contribution in [0.2, 0.25) is 0 Å². The third-order valence-electron chi connectivity index (χ3n) is 3.94. The van der Waals surface area contributed by atoms with Crippen LogP contribution in [0.1, 0.15) is 17.5 Å². The molecule has 0 saturated carbocycles. The molecule has 0 atom stereocenters. The highest BCUT2D eigenvalue weighted by molar-refractivity contribution is 7.90. The molecule has 0 unspecified atom stereocenters. The molecule has 0 amide bonds. The number of hydrogen-bond acceptors (Lipinski definition) is 3. The second-order valence-electron chi connectivity index (χ2n) is 5.61. The van der Waals surface area contributed by atoms with Gasteiger partial charge < -0.3 is 5.11 Å². The van der Waals surface area contributed by atoms with Crippen molar-refractivity contribution in [1.29, 1.82) is 0 Å². The van der Waals surface area contributed by atoms with E-state index in [-0.39, 0.29) is 11.5 Å². The molecule has 0 aliphatic carbocycles. The molecule has 0 radical (unpaired) electrons. The van der Waals surface area contributed by atoms with Gasteiger partial charge in [0, 0.05) is 18.2 Å². The van der Waals surface area contributed by atoms with Crippen LogP contribution >= 0.6 is 0 Å². The van der Waals surface area contributed by atoms with E-state index in [9.17, 15) is 8.42 Å². The molecule has 1 heterocycles. The van der Waals surface area contributed by atoms with Gasteiger partial charge in [0.25, 0.3) is 10.0 Å². The van der Waals surface area contributed by atoms with Gasteiger partial charge in [0.2, 0.25) is 0 Å². The minimum atomic E-state index is -3.63. The van der Waals surface area contributed by atoms with E-state index in [0.717, 1.165) is 16.5 Å². The fourth-order valence-corrected chi connectivity index (χ4v) is 4.10. The summed E-state index contributed by atoms with van der Waals surface area (Å²) in [6.07, 6.45) is 2.93. The third-order valence-corrected chi connectivity index (χ3v) is 5.63. The standard InChI is InChI=1S/C18H19NO3S/c1-14-8-10-16(11-9-14)23(21,22)19-13-15(5-4-12-20)17-6-2-3-7-18(17)19/h2-3,6-11,13,20H,4-5,12H2,1H3. The van der Waals surface area contributed by atoms with Gasteiger partial charge >= 0.3 is 0 Å². The van der Waals surface area contributed by atoms with Gasteiger partial charge in [0.05, 0.1) is 10.4 Å². The maximum atomic E-state index is 13.0. The zero-order chi connectivity index (χ0) is 16.4. The summed E-state index contributed by atoms with van der Waals surface area (Å²) in [6.45, 7) is 2.01. The van der Waals surface area contributed by atoms with Crippen molar-refractivity contribution in [1.82, 2.24) is 3.97 Å². The van der Waals surface area contributed by atoms with E-state index in [1.165, 1.54) is 3.97 Å². The lowest BCUT2D eigenvalue weighted by Crippen LogP contribution is -2.11. The number of rotatable bonds is 5. The molecule has 23 heavy (non-hydrogen) atoms. The first-order valence-electron chi connectivity index (χ1n) is 7.56. The lowest BCUT2D eigenvalue weighted by atomic mass is 10.1. The number of fused-ring (bicyclic) bond motifs is 1. The molecule has 0 saturated heterocycles. The van der Waals surface area contributed by atoms with Crippen molar-refractivity contribution in [2.24, 2.45) is 0 Å². The largest absolute Gasteiger partial charge is 0.396 e. The highest BCUT2D eigenvalue weighted by atomic mass is 32.2. The Morgan fingerprint density at radius 3 is 2.43 bits per heavy atom. The van der Waals surface area contributed by atoms with Crippen LogP contribution in [-0.2, 0) is 16.4 Å². The first kappa shape index (κ1) is 15.8. The third kappa shape index (κ3) is 2.90. The minimum Gasteiger partial charge on any atom is -0.396 e. The summed E-state index contributed by atoms with van der Waals surface area (Å²) >= 11 is 0. The van der Waals surface area contributed by atoms with E-state index >= 15 is 0 Å². The van der Waals surface area contributed by atoms with Gasteiger partial charge in [-0.25, -0.2) is 12.4 Å². The molecule has 4 nitrogen and oxygen atoms in total. The van der Waals surface area contributed by atoms with Crippen molar-refractivity contribution < 1.29 is 13.5 Å². The lowest BCUT2D eigenvalue weighted by Gasteiger charge is -2.07. The topological polar surface area (TPSA) is 59.3 Å². The molecule has 2 aromatic carbocycles. The van der Waals surface area contributed by atoms with Crippen LogP contribution < -0.4 is 0 Å². The van der Waals surface area contributed by atoms with Gasteiger partial charge in [0.15, 0.2) is 0 Å². The Hall–Kier alpha value is -2.11. The van der Waals surface area contributed by atoms with Crippen LogP contribution in [0.5, 0.6) is 0 Å². The maximum absolute atomic E-state index is 13.0. The predicted octanol–water partition coefficient (Wildman–Crippen LogP) is 3.11. The predicted molar refractivity (Wildman–Crippen MR) is 91.1 cm³/mol. The fraction of sp³-hybridized carbons (Fsp3) is 0.222. The molecular formula is C18H19NO3S. The second-order valence-corrected chi connectivity index (χ2v) is 7.43. The van der Waals surface area contributed by atoms with Crippen LogP contribution in [0.15, 0.2) is 59.6 Å². The Kier molecular flexibility index (Phi) is 4.24.